The Balaban J connectivity index is 1.37. The number of nitrogens with one attached hydrogen (secondary N) is 2. The molecule has 2 N–H and O–H groups in total. The van der Waals surface area contributed by atoms with Gasteiger partial charge in [0.05, 0.1) is 36.4 Å². The van der Waals surface area contributed by atoms with E-state index in [0.29, 0.717) is 25.4 Å². The van der Waals surface area contributed by atoms with Gasteiger partial charge in [-0.25, -0.2) is 9.18 Å². The third-order valence-electron chi connectivity index (χ3n) is 6.62. The number of carbonyl (C=O) groups is 1. The summed E-state index contributed by atoms with van der Waals surface area (Å²) >= 11 is 0. The highest BCUT2D eigenvalue weighted by atomic mass is 19.1. The van der Waals surface area contributed by atoms with Crippen molar-refractivity contribution in [2.24, 2.45) is 7.05 Å². The fourth-order valence-corrected chi connectivity index (χ4v) is 4.90. The average molecular weight is 489 g/mol. The highest BCUT2D eigenvalue weighted by Crippen LogP contribution is 2.32. The van der Waals surface area contributed by atoms with Crippen LogP contribution >= 0.6 is 0 Å². The lowest BCUT2D eigenvalue weighted by Gasteiger charge is -2.21. The van der Waals surface area contributed by atoms with E-state index in [1.807, 2.05) is 43.6 Å². The normalized spacial score (nSPS) is 18.0. The van der Waals surface area contributed by atoms with E-state index < -0.39 is 0 Å². The van der Waals surface area contributed by atoms with Gasteiger partial charge in [-0.3, -0.25) is 14.6 Å². The number of hydrogen-bond acceptors (Lipinski definition) is 5. The molecule has 0 spiro atoms. The lowest BCUT2D eigenvalue weighted by atomic mass is 9.94. The number of likely N-dealkylation sites (tertiary alicyclic amines) is 1. The van der Waals surface area contributed by atoms with Gasteiger partial charge >= 0.3 is 6.03 Å². The number of urea groups is 1. The Morgan fingerprint density at radius 1 is 1.14 bits per heavy atom. The van der Waals surface area contributed by atoms with Gasteiger partial charge in [0.1, 0.15) is 5.82 Å². The zero-order chi connectivity index (χ0) is 25.1. The molecule has 0 radical (unpaired) electrons. The summed E-state index contributed by atoms with van der Waals surface area (Å²) in [5, 5.41) is 12.2. The van der Waals surface area contributed by atoms with Crippen molar-refractivity contribution in [1.82, 2.24) is 25.0 Å². The van der Waals surface area contributed by atoms with E-state index in [1.165, 1.54) is 6.07 Å². The van der Waals surface area contributed by atoms with Crippen LogP contribution in [-0.2, 0) is 11.8 Å². The fraction of sp³-hybridized carbons (Fsp3) is 0.296. The molecule has 2 atom stereocenters. The lowest BCUT2D eigenvalue weighted by Crippen LogP contribution is -2.42. The topological polar surface area (TPSA) is 84.3 Å². The number of carbonyl (C=O) groups excluding carboxylic acids is 1. The SMILES string of the molecule is COCCN1C[C@@H](NC(=O)Nc2cnc(-c3cnn(C)c3)c3ccccc23)[C@H](c2cccc(F)c2)C1. The maximum atomic E-state index is 14.0. The molecular formula is C27H29FN6O2. The molecule has 0 saturated carbocycles. The number of ether oxygens (including phenoxy) is 1. The fourth-order valence-electron chi connectivity index (χ4n) is 4.90. The third-order valence-corrected chi connectivity index (χ3v) is 6.62. The Kier molecular flexibility index (Phi) is 6.92. The summed E-state index contributed by atoms with van der Waals surface area (Å²) in [6.45, 7) is 2.70. The summed E-state index contributed by atoms with van der Waals surface area (Å²) in [5.74, 6) is -0.316. The standard InChI is InChI=1S/C27H29FN6O2/c1-33-15-19(13-30-33)26-22-9-4-3-8-21(22)24(14-29-26)31-27(35)32-25-17-34(10-11-36-2)16-23(25)18-6-5-7-20(28)12-18/h3-9,12-15,23,25H,10-11,16-17H2,1-2H3,(H2,31,32,35)/t23-,25+/m0/s1. The minimum absolute atomic E-state index is 0.0360. The Morgan fingerprint density at radius 3 is 2.72 bits per heavy atom. The molecule has 1 aliphatic heterocycles. The molecule has 1 fully saturated rings. The quantitative estimate of drug-likeness (QED) is 0.411. The zero-order valence-corrected chi connectivity index (χ0v) is 20.3. The smallest absolute Gasteiger partial charge is 0.319 e. The number of pyridine rings is 1. The van der Waals surface area contributed by atoms with Crippen LogP contribution in [-0.4, -0.2) is 65.1 Å². The molecule has 0 unspecified atom stereocenters. The lowest BCUT2D eigenvalue weighted by molar-refractivity contribution is 0.159. The molecule has 1 aliphatic rings. The highest BCUT2D eigenvalue weighted by molar-refractivity contribution is 6.05. The van der Waals surface area contributed by atoms with Crippen molar-refractivity contribution in [3.8, 4) is 11.3 Å². The average Bonchev–Trinajstić information content (AvgIpc) is 3.49. The van der Waals surface area contributed by atoms with Gasteiger partial charge in [-0.05, 0) is 17.7 Å². The van der Waals surface area contributed by atoms with Crippen LogP contribution in [0.1, 0.15) is 11.5 Å². The van der Waals surface area contributed by atoms with Crippen molar-refractivity contribution in [3.63, 3.8) is 0 Å². The van der Waals surface area contributed by atoms with Crippen LogP contribution in [0.15, 0.2) is 67.1 Å². The number of benzene rings is 2. The number of aryl methyl sites for hydroxylation is 1. The van der Waals surface area contributed by atoms with Gasteiger partial charge in [-0.15, -0.1) is 0 Å². The van der Waals surface area contributed by atoms with Crippen LogP contribution in [0.2, 0.25) is 0 Å². The molecule has 0 aliphatic carbocycles. The number of anilines is 1. The predicted octanol–water partition coefficient (Wildman–Crippen LogP) is 4.01. The number of amides is 2. The molecule has 186 valence electrons. The molecule has 0 bridgehead atoms. The van der Waals surface area contributed by atoms with Gasteiger partial charge in [0.25, 0.3) is 0 Å². The Hall–Kier alpha value is -3.82. The van der Waals surface area contributed by atoms with Gasteiger partial charge in [0, 0.05) is 62.2 Å². The summed E-state index contributed by atoms with van der Waals surface area (Å²) < 4.78 is 20.9. The Morgan fingerprint density at radius 2 is 1.97 bits per heavy atom. The molecule has 3 heterocycles. The molecule has 8 nitrogen and oxygen atoms in total. The van der Waals surface area contributed by atoms with Crippen molar-refractivity contribution in [2.75, 3.05) is 38.7 Å². The summed E-state index contributed by atoms with van der Waals surface area (Å²) in [7, 11) is 3.53. The zero-order valence-electron chi connectivity index (χ0n) is 20.3. The van der Waals surface area contributed by atoms with E-state index >= 15 is 0 Å². The van der Waals surface area contributed by atoms with Gasteiger partial charge in [-0.1, -0.05) is 36.4 Å². The second-order valence-electron chi connectivity index (χ2n) is 9.09. The third kappa shape index (κ3) is 5.07. The Labute approximate surface area is 209 Å². The first-order valence-electron chi connectivity index (χ1n) is 11.9. The van der Waals surface area contributed by atoms with Crippen molar-refractivity contribution < 1.29 is 13.9 Å². The van der Waals surface area contributed by atoms with Crippen LogP contribution in [0, 0.1) is 5.82 Å². The maximum Gasteiger partial charge on any atom is 0.319 e. The minimum Gasteiger partial charge on any atom is -0.383 e. The van der Waals surface area contributed by atoms with Crippen molar-refractivity contribution in [3.05, 3.63) is 78.5 Å². The summed E-state index contributed by atoms with van der Waals surface area (Å²) in [4.78, 5) is 20.0. The first-order chi connectivity index (χ1) is 17.5. The first kappa shape index (κ1) is 23.9. The first-order valence-corrected chi connectivity index (χ1v) is 11.9. The number of nitrogens with zero attached hydrogens (tertiary/aromatic N) is 4. The molecular weight excluding hydrogens is 459 g/mol. The van der Waals surface area contributed by atoms with Crippen molar-refractivity contribution in [1.29, 1.82) is 0 Å². The van der Waals surface area contributed by atoms with Gasteiger partial charge in [-0.2, -0.15) is 5.10 Å². The number of methoxy groups -OCH3 is 1. The van der Waals surface area contributed by atoms with Crippen LogP contribution < -0.4 is 10.6 Å². The summed E-state index contributed by atoms with van der Waals surface area (Å²) in [6, 6.07) is 13.9. The number of halogens is 1. The highest BCUT2D eigenvalue weighted by Gasteiger charge is 2.35. The summed E-state index contributed by atoms with van der Waals surface area (Å²) in [6.07, 6.45) is 5.36. The van der Waals surface area contributed by atoms with Crippen LogP contribution in [0.25, 0.3) is 22.0 Å². The van der Waals surface area contributed by atoms with Crippen LogP contribution in [0.5, 0.6) is 0 Å². The monoisotopic (exact) mass is 488 g/mol. The van der Waals surface area contributed by atoms with E-state index in [9.17, 15) is 9.18 Å². The van der Waals surface area contributed by atoms with E-state index in [1.54, 1.807) is 36.3 Å². The molecule has 1 saturated heterocycles. The van der Waals surface area contributed by atoms with E-state index in [4.69, 9.17) is 4.74 Å². The largest absolute Gasteiger partial charge is 0.383 e. The number of aromatic nitrogens is 3. The molecule has 2 aromatic carbocycles. The van der Waals surface area contributed by atoms with E-state index in [2.05, 4.69) is 25.6 Å². The molecule has 36 heavy (non-hydrogen) atoms. The van der Waals surface area contributed by atoms with E-state index in [0.717, 1.165) is 34.1 Å². The molecule has 2 aromatic heterocycles. The summed E-state index contributed by atoms with van der Waals surface area (Å²) in [5.41, 5.74) is 3.20. The van der Waals surface area contributed by atoms with Crippen molar-refractivity contribution in [2.45, 2.75) is 12.0 Å². The van der Waals surface area contributed by atoms with Gasteiger partial charge < -0.3 is 15.4 Å². The Bertz CT molecular complexity index is 1370. The number of rotatable bonds is 7. The minimum atomic E-state index is -0.323. The van der Waals surface area contributed by atoms with Gasteiger partial charge in [0.15, 0.2) is 0 Å². The van der Waals surface area contributed by atoms with E-state index in [-0.39, 0.29) is 23.8 Å². The molecule has 9 heteroatoms. The second kappa shape index (κ2) is 10.4. The van der Waals surface area contributed by atoms with Crippen LogP contribution in [0.4, 0.5) is 14.9 Å². The predicted molar refractivity (Wildman–Crippen MR) is 137 cm³/mol. The second-order valence-corrected chi connectivity index (χ2v) is 9.09. The molecule has 2 amide bonds. The maximum absolute atomic E-state index is 14.0. The number of fused-ring (bicyclic) bond motifs is 1. The van der Waals surface area contributed by atoms with Crippen molar-refractivity contribution >= 4 is 22.5 Å². The molecule has 5 rings (SSSR count). The van der Waals surface area contributed by atoms with Crippen LogP contribution in [0.3, 0.4) is 0 Å². The van der Waals surface area contributed by atoms with Gasteiger partial charge in [0.2, 0.25) is 0 Å². The molecule has 4 aromatic rings. The number of hydrogen-bond donors (Lipinski definition) is 2.